The van der Waals surface area contributed by atoms with Crippen LogP contribution in [-0.2, 0) is 9.53 Å². The summed E-state index contributed by atoms with van der Waals surface area (Å²) >= 11 is 5.82. The van der Waals surface area contributed by atoms with E-state index in [1.54, 1.807) is 29.2 Å². The Morgan fingerprint density at radius 2 is 1.90 bits per heavy atom. The summed E-state index contributed by atoms with van der Waals surface area (Å²) in [6.45, 7) is 4.32. The first-order valence-corrected chi connectivity index (χ1v) is 7.00. The van der Waals surface area contributed by atoms with Gasteiger partial charge in [0.05, 0.1) is 13.5 Å². The quantitative estimate of drug-likeness (QED) is 0.758. The first-order valence-electron chi connectivity index (χ1n) is 6.63. The Kier molecular flexibility index (Phi) is 6.52. The Hall–Kier alpha value is -1.55. The summed E-state index contributed by atoms with van der Waals surface area (Å²) in [4.78, 5) is 25.4. The molecule has 1 unspecified atom stereocenters. The largest absolute Gasteiger partial charge is 0.469 e. The van der Waals surface area contributed by atoms with Crippen LogP contribution in [0.4, 0.5) is 0 Å². The number of hydrogen-bond acceptors (Lipinski definition) is 3. The maximum absolute atomic E-state index is 12.5. The number of carbonyl (C=O) groups excluding carboxylic acids is 2. The van der Waals surface area contributed by atoms with Gasteiger partial charge in [-0.05, 0) is 37.6 Å². The monoisotopic (exact) mass is 297 g/mol. The highest BCUT2D eigenvalue weighted by atomic mass is 35.5. The highest BCUT2D eigenvalue weighted by Crippen LogP contribution is 2.15. The molecule has 0 heterocycles. The number of carbonyl (C=O) groups is 2. The number of benzene rings is 1. The molecule has 0 saturated carbocycles. The van der Waals surface area contributed by atoms with E-state index < -0.39 is 0 Å². The van der Waals surface area contributed by atoms with Gasteiger partial charge >= 0.3 is 5.97 Å². The second kappa shape index (κ2) is 7.90. The molecule has 5 heteroatoms. The molecule has 1 aromatic carbocycles. The molecule has 1 rings (SSSR count). The van der Waals surface area contributed by atoms with Crippen LogP contribution in [0.3, 0.4) is 0 Å². The van der Waals surface area contributed by atoms with Crippen molar-refractivity contribution >= 4 is 23.5 Å². The number of nitrogens with zero attached hydrogens (tertiary/aromatic N) is 1. The molecule has 1 aromatic rings. The fourth-order valence-electron chi connectivity index (χ4n) is 1.81. The summed E-state index contributed by atoms with van der Waals surface area (Å²) in [5.74, 6) is -0.415. The van der Waals surface area contributed by atoms with Crippen LogP contribution < -0.4 is 0 Å². The summed E-state index contributed by atoms with van der Waals surface area (Å²) in [6, 6.07) is 6.81. The fourth-order valence-corrected chi connectivity index (χ4v) is 1.94. The van der Waals surface area contributed by atoms with Gasteiger partial charge in [-0.3, -0.25) is 9.59 Å². The van der Waals surface area contributed by atoms with E-state index in [9.17, 15) is 9.59 Å². The molecule has 0 radical (unpaired) electrons. The van der Waals surface area contributed by atoms with Gasteiger partial charge in [-0.15, -0.1) is 0 Å². The molecule has 0 aromatic heterocycles. The number of halogens is 1. The summed E-state index contributed by atoms with van der Waals surface area (Å²) in [5, 5.41) is 0.589. The number of hydrogen-bond donors (Lipinski definition) is 0. The van der Waals surface area contributed by atoms with E-state index in [-0.39, 0.29) is 24.3 Å². The van der Waals surface area contributed by atoms with E-state index in [1.807, 2.05) is 13.8 Å². The topological polar surface area (TPSA) is 46.6 Å². The molecule has 4 nitrogen and oxygen atoms in total. The SMILES string of the molecule is CCC(C)N(CCC(=O)OC)C(=O)c1ccc(Cl)cc1. The molecule has 0 saturated heterocycles. The summed E-state index contributed by atoms with van der Waals surface area (Å²) in [5.41, 5.74) is 0.569. The molecule has 0 aliphatic rings. The lowest BCUT2D eigenvalue weighted by atomic mass is 10.1. The third-order valence-electron chi connectivity index (χ3n) is 3.26. The fraction of sp³-hybridized carbons (Fsp3) is 0.467. The maximum atomic E-state index is 12.5. The average molecular weight is 298 g/mol. The van der Waals surface area contributed by atoms with Crippen molar-refractivity contribution in [1.82, 2.24) is 4.90 Å². The first kappa shape index (κ1) is 16.5. The Balaban J connectivity index is 2.84. The van der Waals surface area contributed by atoms with Gasteiger partial charge in [0, 0.05) is 23.2 Å². The zero-order valence-corrected chi connectivity index (χ0v) is 12.8. The maximum Gasteiger partial charge on any atom is 0.307 e. The van der Waals surface area contributed by atoms with E-state index in [4.69, 9.17) is 11.6 Å². The second-order valence-corrected chi connectivity index (χ2v) is 5.03. The van der Waals surface area contributed by atoms with Gasteiger partial charge in [0.25, 0.3) is 5.91 Å². The molecule has 0 N–H and O–H groups in total. The normalized spacial score (nSPS) is 11.8. The summed E-state index contributed by atoms with van der Waals surface area (Å²) in [6.07, 6.45) is 1.01. The molecule has 0 bridgehead atoms. The van der Waals surface area contributed by atoms with Crippen molar-refractivity contribution in [1.29, 1.82) is 0 Å². The Bertz CT molecular complexity index is 459. The molecule has 0 aliphatic heterocycles. The lowest BCUT2D eigenvalue weighted by Gasteiger charge is -2.28. The third kappa shape index (κ3) is 4.53. The van der Waals surface area contributed by atoms with Crippen LogP contribution in [0.1, 0.15) is 37.0 Å². The summed E-state index contributed by atoms with van der Waals surface area (Å²) in [7, 11) is 1.34. The van der Waals surface area contributed by atoms with Crippen molar-refractivity contribution in [3.8, 4) is 0 Å². The van der Waals surface area contributed by atoms with Crippen LogP contribution in [-0.4, -0.2) is 36.5 Å². The molecule has 20 heavy (non-hydrogen) atoms. The number of amides is 1. The van der Waals surface area contributed by atoms with Gasteiger partial charge in [-0.1, -0.05) is 18.5 Å². The van der Waals surface area contributed by atoms with Crippen LogP contribution in [0.2, 0.25) is 5.02 Å². The Morgan fingerprint density at radius 3 is 2.40 bits per heavy atom. The highest BCUT2D eigenvalue weighted by Gasteiger charge is 2.21. The van der Waals surface area contributed by atoms with Crippen molar-refractivity contribution in [2.24, 2.45) is 0 Å². The van der Waals surface area contributed by atoms with Crippen LogP contribution >= 0.6 is 11.6 Å². The van der Waals surface area contributed by atoms with Crippen molar-refractivity contribution in [2.75, 3.05) is 13.7 Å². The molecule has 0 aliphatic carbocycles. The average Bonchev–Trinajstić information content (AvgIpc) is 2.47. The molecule has 1 atom stereocenters. The smallest absolute Gasteiger partial charge is 0.307 e. The number of ether oxygens (including phenoxy) is 1. The van der Waals surface area contributed by atoms with Gasteiger partial charge in [-0.25, -0.2) is 0 Å². The van der Waals surface area contributed by atoms with Gasteiger partial charge in [-0.2, -0.15) is 0 Å². The molecule has 0 spiro atoms. The van der Waals surface area contributed by atoms with Gasteiger partial charge in [0.2, 0.25) is 0 Å². The first-order chi connectivity index (χ1) is 9.49. The van der Waals surface area contributed by atoms with E-state index in [1.165, 1.54) is 7.11 Å². The van der Waals surface area contributed by atoms with Gasteiger partial charge in [0.1, 0.15) is 0 Å². The van der Waals surface area contributed by atoms with E-state index in [2.05, 4.69) is 4.74 Å². The van der Waals surface area contributed by atoms with Gasteiger partial charge in [0.15, 0.2) is 0 Å². The number of esters is 1. The van der Waals surface area contributed by atoms with Crippen molar-refractivity contribution in [2.45, 2.75) is 32.7 Å². The third-order valence-corrected chi connectivity index (χ3v) is 3.51. The van der Waals surface area contributed by atoms with Crippen molar-refractivity contribution < 1.29 is 14.3 Å². The lowest BCUT2D eigenvalue weighted by molar-refractivity contribution is -0.140. The minimum absolute atomic E-state index is 0.0582. The van der Waals surface area contributed by atoms with Gasteiger partial charge < -0.3 is 9.64 Å². The van der Waals surface area contributed by atoms with Crippen LogP contribution in [0.5, 0.6) is 0 Å². The van der Waals surface area contributed by atoms with E-state index in [0.717, 1.165) is 6.42 Å². The number of methoxy groups -OCH3 is 1. The molecular formula is C15H20ClNO3. The lowest BCUT2D eigenvalue weighted by Crippen LogP contribution is -2.39. The zero-order chi connectivity index (χ0) is 15.1. The van der Waals surface area contributed by atoms with Crippen molar-refractivity contribution in [3.63, 3.8) is 0 Å². The second-order valence-electron chi connectivity index (χ2n) is 4.59. The van der Waals surface area contributed by atoms with Crippen LogP contribution in [0.15, 0.2) is 24.3 Å². The van der Waals surface area contributed by atoms with Crippen molar-refractivity contribution in [3.05, 3.63) is 34.9 Å². The Labute approximate surface area is 124 Å². The molecule has 110 valence electrons. The van der Waals surface area contributed by atoms with Crippen LogP contribution in [0, 0.1) is 0 Å². The molecular weight excluding hydrogens is 278 g/mol. The number of rotatable bonds is 6. The minimum Gasteiger partial charge on any atom is -0.469 e. The highest BCUT2D eigenvalue weighted by molar-refractivity contribution is 6.30. The van der Waals surface area contributed by atoms with E-state index >= 15 is 0 Å². The predicted molar refractivity (Wildman–Crippen MR) is 78.9 cm³/mol. The summed E-state index contributed by atoms with van der Waals surface area (Å²) < 4.78 is 4.62. The molecule has 1 amide bonds. The van der Waals surface area contributed by atoms with Crippen LogP contribution in [0.25, 0.3) is 0 Å². The molecule has 0 fully saturated rings. The minimum atomic E-state index is -0.317. The Morgan fingerprint density at radius 1 is 1.30 bits per heavy atom. The standard InChI is InChI=1S/C15H20ClNO3/c1-4-11(2)17(10-9-14(18)20-3)15(19)12-5-7-13(16)8-6-12/h5-8,11H,4,9-10H2,1-3H3. The van der Waals surface area contributed by atoms with E-state index in [0.29, 0.717) is 17.1 Å². The zero-order valence-electron chi connectivity index (χ0n) is 12.1. The predicted octanol–water partition coefficient (Wildman–Crippen LogP) is 3.14.